The zero-order chi connectivity index (χ0) is 71.5. The van der Waals surface area contributed by atoms with Crippen LogP contribution in [0.5, 0.6) is 0 Å². The van der Waals surface area contributed by atoms with Gasteiger partial charge in [0.25, 0.3) is 0 Å². The minimum atomic E-state index is 0.571. The summed E-state index contributed by atoms with van der Waals surface area (Å²) in [5, 5.41) is 0. The van der Waals surface area contributed by atoms with Crippen LogP contribution in [0.4, 0.5) is 0 Å². The molecule has 0 nitrogen and oxygen atoms in total. The Bertz CT molecular complexity index is 2000. The molecule has 97 heavy (non-hydrogen) atoms. The van der Waals surface area contributed by atoms with Crippen molar-refractivity contribution >= 4 is 0 Å². The molecule has 0 aliphatic heterocycles. The second kappa shape index (κ2) is 40.6. The Balaban J connectivity index is 0.000000169. The Morgan fingerprint density at radius 2 is 0.742 bits per heavy atom. The summed E-state index contributed by atoms with van der Waals surface area (Å²) in [4.78, 5) is 0. The van der Waals surface area contributed by atoms with E-state index in [0.29, 0.717) is 21.7 Å². The van der Waals surface area contributed by atoms with Gasteiger partial charge in [0.15, 0.2) is 0 Å². The van der Waals surface area contributed by atoms with Crippen LogP contribution in [0.1, 0.15) is 449 Å². The zero-order valence-electron chi connectivity index (χ0n) is 71.5. The summed E-state index contributed by atoms with van der Waals surface area (Å²) in [6, 6.07) is 0. The predicted molar refractivity (Wildman–Crippen MR) is 435 cm³/mol. The molecular formula is C97H184. The topological polar surface area (TPSA) is 0 Å². The van der Waals surface area contributed by atoms with E-state index in [2.05, 4.69) is 166 Å². The van der Waals surface area contributed by atoms with E-state index in [0.717, 1.165) is 147 Å². The summed E-state index contributed by atoms with van der Waals surface area (Å²) >= 11 is 0. The Morgan fingerprint density at radius 1 is 0.278 bits per heavy atom. The number of hydrogen-bond donors (Lipinski definition) is 0. The molecule has 0 aromatic heterocycles. The first kappa shape index (κ1) is 85.9. The van der Waals surface area contributed by atoms with Crippen molar-refractivity contribution in [2.45, 2.75) is 449 Å². The average molecular weight is 1350 g/mol. The third-order valence-corrected chi connectivity index (χ3v) is 35.5. The summed E-state index contributed by atoms with van der Waals surface area (Å²) in [5.74, 6) is 25.3. The molecule has 16 saturated carbocycles. The molecular weight excluding hydrogens is 1170 g/mol. The molecule has 0 spiro atoms. The van der Waals surface area contributed by atoms with E-state index in [1.165, 1.54) is 225 Å². The Labute approximate surface area is 614 Å². The monoisotopic (exact) mass is 1350 g/mol. The smallest absolute Gasteiger partial charge is 0.0297 e. The van der Waals surface area contributed by atoms with E-state index in [1.54, 1.807) is 57.8 Å². The molecule has 572 valence electrons. The van der Waals surface area contributed by atoms with Crippen molar-refractivity contribution in [3.63, 3.8) is 0 Å². The Morgan fingerprint density at radius 3 is 1.01 bits per heavy atom. The van der Waals surface area contributed by atoms with Gasteiger partial charge in [-0.15, -0.1) is 0 Å². The van der Waals surface area contributed by atoms with Crippen molar-refractivity contribution in [1.82, 2.24) is 0 Å². The predicted octanol–water partition coefficient (Wildman–Crippen LogP) is 32.4. The van der Waals surface area contributed by atoms with Gasteiger partial charge < -0.3 is 0 Å². The van der Waals surface area contributed by atoms with Gasteiger partial charge in [0.1, 0.15) is 0 Å². The molecule has 10 bridgehead atoms. The molecule has 16 rings (SSSR count). The second-order valence-electron chi connectivity index (χ2n) is 43.0. The summed E-state index contributed by atoms with van der Waals surface area (Å²) < 4.78 is 0. The van der Waals surface area contributed by atoms with E-state index in [1.807, 2.05) is 0 Å². The quantitative estimate of drug-likeness (QED) is 0.264. The first-order valence-corrected chi connectivity index (χ1v) is 45.7. The van der Waals surface area contributed by atoms with Crippen LogP contribution in [0.3, 0.4) is 0 Å². The third-order valence-electron chi connectivity index (χ3n) is 35.5. The lowest BCUT2D eigenvalue weighted by Crippen LogP contribution is -2.38. The summed E-state index contributed by atoms with van der Waals surface area (Å²) in [6.45, 7) is 57.7. The molecule has 0 radical (unpaired) electrons. The first-order valence-electron chi connectivity index (χ1n) is 45.7. The van der Waals surface area contributed by atoms with Crippen LogP contribution in [0.2, 0.25) is 0 Å². The summed E-state index contributed by atoms with van der Waals surface area (Å²) in [6.07, 6.45) is 66.0. The molecule has 21 atom stereocenters. The molecule has 0 aromatic carbocycles. The highest BCUT2D eigenvalue weighted by molar-refractivity contribution is 5.00. The Hall–Kier alpha value is 0. The van der Waals surface area contributed by atoms with Crippen LogP contribution in [0.25, 0.3) is 0 Å². The lowest BCUT2D eigenvalue weighted by Gasteiger charge is -2.47. The van der Waals surface area contributed by atoms with E-state index in [9.17, 15) is 0 Å². The molecule has 16 aliphatic rings. The SMILES string of the molecule is CC1C(C)(C)CCCC1(C)C.CC1C2CCC(C2)C1(C)C.CC1C2CCC(C2)C1C.CC1CC2CCC1(C)C2.CC1CC2CCC1C2.CC1CCCC(C)C1C.CC1CCCC[C@H]1C.CCC1CC2CCC1C2.CCC1CCCC1.CCC1CCCCC1.C[C@@H]1CCCCC1(C)C. The number of hydrogen-bond acceptors (Lipinski definition) is 0. The summed E-state index contributed by atoms with van der Waals surface area (Å²) in [5.41, 5.74) is 3.22. The van der Waals surface area contributed by atoms with Crippen LogP contribution in [0, 0.1) is 169 Å². The molecule has 0 amide bonds. The molecule has 0 aromatic rings. The van der Waals surface area contributed by atoms with E-state index >= 15 is 0 Å². The fraction of sp³-hybridized carbons (Fsp3) is 1.00. The molecule has 0 heterocycles. The van der Waals surface area contributed by atoms with Crippen molar-refractivity contribution in [3.8, 4) is 0 Å². The first-order chi connectivity index (χ1) is 45.7. The maximum atomic E-state index is 2.48. The zero-order valence-corrected chi connectivity index (χ0v) is 71.5. The highest BCUT2D eigenvalue weighted by atomic mass is 14.6. The normalized spacial score (nSPS) is 42.2. The Kier molecular flexibility index (Phi) is 36.0. The largest absolute Gasteiger partial charge is 0.0651 e. The standard InChI is InChI=1S/C11H22.C10H18.3C9H16.2C9H18.C8H14.2C8H16.C7H14/c1-9-10(2,3)7-6-8-11(9,4)5;1-7-8-4-5-9(6-8)10(7,2)3;1-7-5-8-3-4-9(7,2)6-8;1-6-7(2)9-4-3-8(6)5-9;1-2-8-5-7-3-4-9(8)6-7;1-8-6-4-5-7-9(8,2)3;1-7-5-4-6-8(2)9(7)3;1-6-4-7-2-3-8(6)5-7;1-7-5-3-4-6-8(7)2;1-2-8-6-4-3-5-7-8;1-2-7-5-3-4-6-7/h9H,6-8H2,1-5H3;7-9H,4-6H2,1-3H3;7-8H,3-6H2,1-2H3;6-9H,3-5H2,1-2H3;7-9H,2-6H2,1H3;8H,4-7H2,1-3H3;7-9H,4-6H2,1-3H3;6-8H,2-5H2,1H3;7-8H,3-6H2,1-2H3;8H,2-7H2,1H3;7H,2-6H2,1H3/t;;;;;8-;;;7-,8?;;/m.....1..1../s1. The van der Waals surface area contributed by atoms with Crippen LogP contribution >= 0.6 is 0 Å². The van der Waals surface area contributed by atoms with Gasteiger partial charge in [-0.05, 0) is 291 Å². The fourth-order valence-corrected chi connectivity index (χ4v) is 24.8. The van der Waals surface area contributed by atoms with Gasteiger partial charge in [0.2, 0.25) is 0 Å². The maximum Gasteiger partial charge on any atom is -0.0297 e. The average Bonchev–Trinajstić information content (AvgIpc) is 1.71. The third kappa shape index (κ3) is 25.9. The number of rotatable bonds is 3. The highest BCUT2D eigenvalue weighted by Crippen LogP contribution is 2.60. The van der Waals surface area contributed by atoms with E-state index in [4.69, 9.17) is 0 Å². The van der Waals surface area contributed by atoms with Crippen LogP contribution in [0.15, 0.2) is 0 Å². The van der Waals surface area contributed by atoms with E-state index in [-0.39, 0.29) is 0 Å². The lowest BCUT2D eigenvalue weighted by atomic mass is 9.58. The number of fused-ring (bicyclic) bond motifs is 10. The highest BCUT2D eigenvalue weighted by Gasteiger charge is 2.51. The van der Waals surface area contributed by atoms with Gasteiger partial charge >= 0.3 is 0 Å². The fourth-order valence-electron chi connectivity index (χ4n) is 24.8. The maximum absolute atomic E-state index is 2.48. The van der Waals surface area contributed by atoms with Gasteiger partial charge in [-0.1, -0.05) is 327 Å². The minimum Gasteiger partial charge on any atom is -0.0651 e. The lowest BCUT2D eigenvalue weighted by molar-refractivity contribution is 0.0286. The van der Waals surface area contributed by atoms with Gasteiger partial charge in [0, 0.05) is 0 Å². The molecule has 16 fully saturated rings. The van der Waals surface area contributed by atoms with Gasteiger partial charge in [-0.25, -0.2) is 0 Å². The van der Waals surface area contributed by atoms with Crippen molar-refractivity contribution in [2.75, 3.05) is 0 Å². The van der Waals surface area contributed by atoms with Crippen LogP contribution in [-0.4, -0.2) is 0 Å². The molecule has 19 unspecified atom stereocenters. The minimum absolute atomic E-state index is 0.571. The van der Waals surface area contributed by atoms with E-state index < -0.39 is 0 Å². The summed E-state index contributed by atoms with van der Waals surface area (Å²) in [7, 11) is 0. The molecule has 0 N–H and O–H groups in total. The second-order valence-corrected chi connectivity index (χ2v) is 43.0. The van der Waals surface area contributed by atoms with Crippen molar-refractivity contribution in [2.24, 2.45) is 169 Å². The molecule has 16 aliphatic carbocycles. The van der Waals surface area contributed by atoms with Gasteiger partial charge in [0.05, 0.1) is 0 Å². The van der Waals surface area contributed by atoms with Gasteiger partial charge in [-0.2, -0.15) is 0 Å². The van der Waals surface area contributed by atoms with Crippen molar-refractivity contribution < 1.29 is 0 Å². The van der Waals surface area contributed by atoms with Gasteiger partial charge in [-0.3, -0.25) is 0 Å². The van der Waals surface area contributed by atoms with Crippen molar-refractivity contribution in [3.05, 3.63) is 0 Å². The molecule has 0 heteroatoms. The van der Waals surface area contributed by atoms with Crippen LogP contribution in [-0.2, 0) is 0 Å². The molecule has 0 saturated heterocycles. The van der Waals surface area contributed by atoms with Crippen LogP contribution < -0.4 is 0 Å². The van der Waals surface area contributed by atoms with Crippen molar-refractivity contribution in [1.29, 1.82) is 0 Å².